The summed E-state index contributed by atoms with van der Waals surface area (Å²) in [6, 6.07) is 18.2. The van der Waals surface area contributed by atoms with Gasteiger partial charge in [0.05, 0.1) is 5.69 Å². The molecule has 5 nitrogen and oxygen atoms in total. The van der Waals surface area contributed by atoms with Crippen molar-refractivity contribution < 1.29 is 32.3 Å². The molecule has 1 N–H and O–H groups in total. The van der Waals surface area contributed by atoms with Crippen LogP contribution < -0.4 is 0 Å². The summed E-state index contributed by atoms with van der Waals surface area (Å²) in [7, 11) is 0. The Morgan fingerprint density at radius 2 is 1.52 bits per heavy atom. The monoisotopic (exact) mass is 372 g/mol. The Morgan fingerprint density at radius 1 is 0.952 bits per heavy atom. The first-order valence-corrected chi connectivity index (χ1v) is 6.07. The van der Waals surface area contributed by atoms with Gasteiger partial charge in [0.15, 0.2) is 5.69 Å². The van der Waals surface area contributed by atoms with E-state index in [1.54, 1.807) is 12.1 Å². The van der Waals surface area contributed by atoms with Gasteiger partial charge in [0.1, 0.15) is 5.69 Å². The van der Waals surface area contributed by atoms with E-state index >= 15 is 0 Å². The molecule has 6 heteroatoms. The van der Waals surface area contributed by atoms with Crippen LogP contribution in [0.4, 0.5) is 0 Å². The average Bonchev–Trinajstić information content (AvgIpc) is 2.94. The maximum atomic E-state index is 11.5. The molecule has 0 aliphatic rings. The molecular formula is C15H11AgN3O2. The predicted molar refractivity (Wildman–Crippen MR) is 73.8 cm³/mol. The van der Waals surface area contributed by atoms with Crippen LogP contribution >= 0.6 is 0 Å². The van der Waals surface area contributed by atoms with Crippen LogP contribution in [0.1, 0.15) is 10.5 Å². The Bertz CT molecular complexity index is 685. The number of carboxylic acid groups (broad SMARTS) is 1. The van der Waals surface area contributed by atoms with Crippen LogP contribution in [0.3, 0.4) is 0 Å². The molecule has 0 aliphatic carbocycles. The maximum absolute atomic E-state index is 11.5. The fourth-order valence-electron chi connectivity index (χ4n) is 2.01. The van der Waals surface area contributed by atoms with Gasteiger partial charge in [-0.15, -0.1) is 5.10 Å². The van der Waals surface area contributed by atoms with Crippen LogP contribution in [0.2, 0.25) is 0 Å². The number of hydrogen-bond donors (Lipinski definition) is 1. The number of aromatic nitrogens is 3. The van der Waals surface area contributed by atoms with Crippen molar-refractivity contribution in [3.8, 4) is 16.9 Å². The summed E-state index contributed by atoms with van der Waals surface area (Å²) in [5.41, 5.74) is 1.82. The summed E-state index contributed by atoms with van der Waals surface area (Å²) < 4.78 is 1.34. The molecule has 0 bridgehead atoms. The molecule has 2 aromatic carbocycles. The van der Waals surface area contributed by atoms with Crippen LogP contribution in [-0.2, 0) is 22.4 Å². The van der Waals surface area contributed by atoms with Gasteiger partial charge in [0.2, 0.25) is 0 Å². The largest absolute Gasteiger partial charge is 0.476 e. The molecule has 0 aliphatic heterocycles. The van der Waals surface area contributed by atoms with E-state index in [1.165, 1.54) is 4.68 Å². The molecule has 21 heavy (non-hydrogen) atoms. The zero-order chi connectivity index (χ0) is 13.9. The Labute approximate surface area is 136 Å². The van der Waals surface area contributed by atoms with E-state index in [0.717, 1.165) is 5.56 Å². The van der Waals surface area contributed by atoms with Gasteiger partial charge in [0, 0.05) is 27.9 Å². The molecule has 1 aromatic heterocycles. The van der Waals surface area contributed by atoms with Gasteiger partial charge in [0.25, 0.3) is 0 Å². The summed E-state index contributed by atoms with van der Waals surface area (Å²) in [5.74, 6) is -1.06. The summed E-state index contributed by atoms with van der Waals surface area (Å²) in [6.45, 7) is 0. The Balaban J connectivity index is 0.00000161. The fraction of sp³-hybridized carbons (Fsp3) is 0. The molecule has 1 radical (unpaired) electrons. The molecule has 0 amide bonds. The number of hydrogen-bond acceptors (Lipinski definition) is 3. The van der Waals surface area contributed by atoms with Gasteiger partial charge in [-0.1, -0.05) is 53.7 Å². The first-order valence-electron chi connectivity index (χ1n) is 6.07. The smallest absolute Gasteiger partial charge is 0.357 e. The van der Waals surface area contributed by atoms with E-state index < -0.39 is 5.97 Å². The number of rotatable bonds is 3. The van der Waals surface area contributed by atoms with Gasteiger partial charge in [-0.2, -0.15) is 0 Å². The van der Waals surface area contributed by atoms with E-state index in [9.17, 15) is 9.90 Å². The molecule has 3 rings (SSSR count). The molecular weight excluding hydrogens is 362 g/mol. The van der Waals surface area contributed by atoms with E-state index in [2.05, 4.69) is 10.3 Å². The van der Waals surface area contributed by atoms with E-state index in [4.69, 9.17) is 0 Å². The van der Waals surface area contributed by atoms with Crippen molar-refractivity contribution in [2.24, 2.45) is 0 Å². The standard InChI is InChI=1S/C15H11N3O2.Ag/c19-15(20)14-13(11-7-3-1-4-8-11)16-17-18(14)12-9-5-2-6-10-12;/h1-10H,(H,19,20);. The van der Waals surface area contributed by atoms with Crippen LogP contribution in [-0.4, -0.2) is 26.1 Å². The second kappa shape index (κ2) is 6.49. The molecule has 3 aromatic rings. The molecule has 0 unspecified atom stereocenters. The third-order valence-electron chi connectivity index (χ3n) is 2.92. The van der Waals surface area contributed by atoms with Crippen molar-refractivity contribution in [1.29, 1.82) is 0 Å². The summed E-state index contributed by atoms with van der Waals surface area (Å²) >= 11 is 0. The van der Waals surface area contributed by atoms with Crippen LogP contribution in [0.5, 0.6) is 0 Å². The van der Waals surface area contributed by atoms with E-state index in [1.807, 2.05) is 48.5 Å². The first-order chi connectivity index (χ1) is 9.77. The number of para-hydroxylation sites is 1. The quantitative estimate of drug-likeness (QED) is 0.717. The summed E-state index contributed by atoms with van der Waals surface area (Å²) in [4.78, 5) is 11.5. The van der Waals surface area contributed by atoms with Gasteiger partial charge in [-0.25, -0.2) is 9.48 Å². The van der Waals surface area contributed by atoms with Crippen molar-refractivity contribution in [2.75, 3.05) is 0 Å². The molecule has 109 valence electrons. The molecule has 0 atom stereocenters. The van der Waals surface area contributed by atoms with Crippen molar-refractivity contribution in [1.82, 2.24) is 15.0 Å². The summed E-state index contributed by atoms with van der Waals surface area (Å²) in [6.07, 6.45) is 0. The third-order valence-corrected chi connectivity index (χ3v) is 2.92. The molecule has 0 saturated heterocycles. The zero-order valence-corrected chi connectivity index (χ0v) is 12.3. The number of carbonyl (C=O) groups is 1. The van der Waals surface area contributed by atoms with Crippen molar-refractivity contribution in [3.63, 3.8) is 0 Å². The number of benzene rings is 2. The molecule has 1 heterocycles. The minimum atomic E-state index is -1.06. The van der Waals surface area contributed by atoms with E-state index in [-0.39, 0.29) is 28.1 Å². The minimum absolute atomic E-state index is 0. The average molecular weight is 373 g/mol. The van der Waals surface area contributed by atoms with Crippen molar-refractivity contribution in [2.45, 2.75) is 0 Å². The minimum Gasteiger partial charge on any atom is -0.476 e. The number of aromatic carboxylic acids is 1. The second-order valence-corrected chi connectivity index (χ2v) is 4.21. The van der Waals surface area contributed by atoms with Gasteiger partial charge >= 0.3 is 5.97 Å². The number of nitrogens with zero attached hydrogens (tertiary/aromatic N) is 3. The van der Waals surface area contributed by atoms with Crippen molar-refractivity contribution >= 4 is 5.97 Å². The maximum Gasteiger partial charge on any atom is 0.357 e. The number of carboxylic acids is 1. The normalized spacial score (nSPS) is 9.90. The SMILES string of the molecule is O=C(O)c1c(-c2ccccc2)nnn1-c1ccccc1.[Ag]. The Kier molecular flexibility index (Phi) is 4.70. The molecule has 0 spiro atoms. The van der Waals surface area contributed by atoms with Crippen LogP contribution in [0, 0.1) is 0 Å². The van der Waals surface area contributed by atoms with Gasteiger partial charge < -0.3 is 5.11 Å². The van der Waals surface area contributed by atoms with Gasteiger partial charge in [-0.3, -0.25) is 0 Å². The Hall–Kier alpha value is -2.21. The van der Waals surface area contributed by atoms with Crippen LogP contribution in [0.15, 0.2) is 60.7 Å². The van der Waals surface area contributed by atoms with E-state index in [0.29, 0.717) is 11.4 Å². The predicted octanol–water partition coefficient (Wildman–Crippen LogP) is 2.63. The molecule has 0 fully saturated rings. The Morgan fingerprint density at radius 3 is 2.10 bits per heavy atom. The zero-order valence-electron chi connectivity index (χ0n) is 10.8. The fourth-order valence-corrected chi connectivity index (χ4v) is 2.01. The van der Waals surface area contributed by atoms with Crippen LogP contribution in [0.25, 0.3) is 16.9 Å². The summed E-state index contributed by atoms with van der Waals surface area (Å²) in [5, 5.41) is 17.4. The van der Waals surface area contributed by atoms with Crippen molar-refractivity contribution in [3.05, 3.63) is 66.4 Å². The molecule has 0 saturated carbocycles. The topological polar surface area (TPSA) is 68.0 Å². The van der Waals surface area contributed by atoms with Gasteiger partial charge in [-0.05, 0) is 12.1 Å². The second-order valence-electron chi connectivity index (χ2n) is 4.21. The third kappa shape index (κ3) is 2.95. The first kappa shape index (κ1) is 15.2.